The first-order valence-corrected chi connectivity index (χ1v) is 7.39. The quantitative estimate of drug-likeness (QED) is 0.789. The number of hydrogen-bond acceptors (Lipinski definition) is 3. The Bertz CT molecular complexity index is 618. The van der Waals surface area contributed by atoms with Crippen LogP contribution in [0, 0.1) is 11.8 Å². The molecule has 0 radical (unpaired) electrons. The van der Waals surface area contributed by atoms with Crippen LogP contribution in [0.15, 0.2) is 18.2 Å². The van der Waals surface area contributed by atoms with E-state index in [0.29, 0.717) is 31.4 Å². The zero-order valence-electron chi connectivity index (χ0n) is 11.8. The number of nitrogens with one attached hydrogen (secondary N) is 1. The van der Waals surface area contributed by atoms with Crippen LogP contribution in [0.25, 0.3) is 0 Å². The predicted molar refractivity (Wildman–Crippen MR) is 81.7 cm³/mol. The number of hydrogen-bond donors (Lipinski definition) is 3. The predicted octanol–water partition coefficient (Wildman–Crippen LogP) is 2.27. The first kappa shape index (κ1) is 16.3. The minimum atomic E-state index is -0.861. The number of amides is 2. The number of benzene rings is 1. The molecule has 7 heteroatoms. The third kappa shape index (κ3) is 3.76. The van der Waals surface area contributed by atoms with Crippen LogP contribution in [0.2, 0.25) is 5.02 Å². The number of primary amides is 1. The molecule has 2 rings (SSSR count). The Morgan fingerprint density at radius 2 is 1.91 bits per heavy atom. The molecule has 0 aliphatic heterocycles. The lowest BCUT2D eigenvalue weighted by Gasteiger charge is -2.25. The molecule has 118 valence electrons. The van der Waals surface area contributed by atoms with Gasteiger partial charge in [0.25, 0.3) is 0 Å². The fraction of sp³-hybridized carbons (Fsp3) is 0.400. The molecule has 1 aromatic carbocycles. The third-order valence-electron chi connectivity index (χ3n) is 3.89. The molecule has 0 spiro atoms. The van der Waals surface area contributed by atoms with Gasteiger partial charge in [-0.1, -0.05) is 18.0 Å². The minimum absolute atomic E-state index is 0.131. The van der Waals surface area contributed by atoms with Crippen molar-refractivity contribution in [2.24, 2.45) is 17.6 Å². The number of carbonyl (C=O) groups excluding carboxylic acids is 2. The third-order valence-corrected chi connectivity index (χ3v) is 4.22. The van der Waals surface area contributed by atoms with Gasteiger partial charge in [0.2, 0.25) is 11.8 Å². The highest BCUT2D eigenvalue weighted by atomic mass is 35.5. The van der Waals surface area contributed by atoms with E-state index in [-0.39, 0.29) is 22.4 Å². The van der Waals surface area contributed by atoms with E-state index in [1.165, 1.54) is 12.1 Å². The summed E-state index contributed by atoms with van der Waals surface area (Å²) in [4.78, 5) is 34.5. The Labute approximate surface area is 132 Å². The molecule has 1 aromatic rings. The SMILES string of the molecule is NC(=O)c1cc(NC(=O)C2CCCC(C(=O)O)C2)ccc1Cl. The molecule has 1 aliphatic rings. The number of carbonyl (C=O) groups is 3. The number of halogens is 1. The average Bonchev–Trinajstić information content (AvgIpc) is 2.49. The number of carboxylic acid groups (broad SMARTS) is 1. The Morgan fingerprint density at radius 1 is 1.23 bits per heavy atom. The summed E-state index contributed by atoms with van der Waals surface area (Å²) < 4.78 is 0. The van der Waals surface area contributed by atoms with Gasteiger partial charge in [0.15, 0.2) is 0 Å². The fourth-order valence-corrected chi connectivity index (χ4v) is 2.90. The molecule has 1 aliphatic carbocycles. The topological polar surface area (TPSA) is 109 Å². The van der Waals surface area contributed by atoms with E-state index >= 15 is 0 Å². The van der Waals surface area contributed by atoms with Crippen LogP contribution in [-0.2, 0) is 9.59 Å². The van der Waals surface area contributed by atoms with Crippen LogP contribution in [0.4, 0.5) is 5.69 Å². The highest BCUT2D eigenvalue weighted by Crippen LogP contribution is 2.30. The van der Waals surface area contributed by atoms with Crippen molar-refractivity contribution in [2.75, 3.05) is 5.32 Å². The molecule has 0 heterocycles. The van der Waals surface area contributed by atoms with E-state index in [2.05, 4.69) is 5.32 Å². The van der Waals surface area contributed by atoms with Crippen LogP contribution in [0.3, 0.4) is 0 Å². The van der Waals surface area contributed by atoms with Crippen molar-refractivity contribution in [3.8, 4) is 0 Å². The number of anilines is 1. The molecular weight excluding hydrogens is 308 g/mol. The summed E-state index contributed by atoms with van der Waals surface area (Å²) >= 11 is 5.85. The Hall–Kier alpha value is -2.08. The van der Waals surface area contributed by atoms with Crippen LogP contribution >= 0.6 is 11.6 Å². The van der Waals surface area contributed by atoms with Gasteiger partial charge < -0.3 is 16.2 Å². The van der Waals surface area contributed by atoms with Crippen LogP contribution in [-0.4, -0.2) is 22.9 Å². The van der Waals surface area contributed by atoms with E-state index < -0.39 is 17.8 Å². The molecule has 4 N–H and O–H groups in total. The van der Waals surface area contributed by atoms with Gasteiger partial charge in [0.05, 0.1) is 16.5 Å². The first-order valence-electron chi connectivity index (χ1n) is 7.01. The number of carboxylic acids is 1. The van der Waals surface area contributed by atoms with Crippen molar-refractivity contribution in [2.45, 2.75) is 25.7 Å². The van der Waals surface area contributed by atoms with Crippen LogP contribution in [0.5, 0.6) is 0 Å². The molecule has 2 unspecified atom stereocenters. The fourth-order valence-electron chi connectivity index (χ4n) is 2.69. The molecule has 2 amide bonds. The maximum Gasteiger partial charge on any atom is 0.306 e. The highest BCUT2D eigenvalue weighted by Gasteiger charge is 2.31. The Morgan fingerprint density at radius 3 is 2.55 bits per heavy atom. The first-order chi connectivity index (χ1) is 10.4. The van der Waals surface area contributed by atoms with Crippen molar-refractivity contribution in [3.05, 3.63) is 28.8 Å². The minimum Gasteiger partial charge on any atom is -0.481 e. The van der Waals surface area contributed by atoms with Gasteiger partial charge in [-0.3, -0.25) is 14.4 Å². The van der Waals surface area contributed by atoms with Gasteiger partial charge >= 0.3 is 5.97 Å². The molecule has 1 fully saturated rings. The maximum absolute atomic E-state index is 12.2. The summed E-state index contributed by atoms with van der Waals surface area (Å²) in [6.07, 6.45) is 2.30. The van der Waals surface area contributed by atoms with E-state index in [0.717, 1.165) is 0 Å². The van der Waals surface area contributed by atoms with Crippen molar-refractivity contribution in [3.63, 3.8) is 0 Å². The Kier molecular flexibility index (Phi) is 5.03. The highest BCUT2D eigenvalue weighted by molar-refractivity contribution is 6.34. The second-order valence-electron chi connectivity index (χ2n) is 5.45. The molecule has 22 heavy (non-hydrogen) atoms. The van der Waals surface area contributed by atoms with E-state index in [4.69, 9.17) is 22.4 Å². The average molecular weight is 325 g/mol. The Balaban J connectivity index is 2.07. The maximum atomic E-state index is 12.2. The smallest absolute Gasteiger partial charge is 0.306 e. The monoisotopic (exact) mass is 324 g/mol. The van der Waals surface area contributed by atoms with Crippen molar-refractivity contribution >= 4 is 35.1 Å². The summed E-state index contributed by atoms with van der Waals surface area (Å²) in [5, 5.41) is 12.0. The number of rotatable bonds is 4. The van der Waals surface area contributed by atoms with Gasteiger partial charge in [-0.2, -0.15) is 0 Å². The summed E-state index contributed by atoms with van der Waals surface area (Å²) in [6, 6.07) is 4.47. The van der Waals surface area contributed by atoms with E-state index in [1.54, 1.807) is 6.07 Å². The molecule has 2 atom stereocenters. The zero-order valence-corrected chi connectivity index (χ0v) is 12.6. The normalized spacial score (nSPS) is 21.1. The molecule has 6 nitrogen and oxygen atoms in total. The molecule has 1 saturated carbocycles. The van der Waals surface area contributed by atoms with E-state index in [1.807, 2.05) is 0 Å². The van der Waals surface area contributed by atoms with Crippen molar-refractivity contribution in [1.29, 1.82) is 0 Å². The van der Waals surface area contributed by atoms with Gasteiger partial charge in [-0.15, -0.1) is 0 Å². The van der Waals surface area contributed by atoms with Gasteiger partial charge in [0.1, 0.15) is 0 Å². The van der Waals surface area contributed by atoms with Gasteiger partial charge in [0, 0.05) is 11.6 Å². The van der Waals surface area contributed by atoms with Gasteiger partial charge in [-0.25, -0.2) is 0 Å². The summed E-state index contributed by atoms with van der Waals surface area (Å²) in [6.45, 7) is 0. The number of nitrogens with two attached hydrogens (primary N) is 1. The summed E-state index contributed by atoms with van der Waals surface area (Å²) in [7, 11) is 0. The standard InChI is InChI=1S/C15H17ClN2O4/c16-12-5-4-10(7-11(12)13(17)19)18-14(20)8-2-1-3-9(6-8)15(21)22/h4-5,7-9H,1-3,6H2,(H2,17,19)(H,18,20)(H,21,22). The van der Waals surface area contributed by atoms with Crippen LogP contribution < -0.4 is 11.1 Å². The van der Waals surface area contributed by atoms with E-state index in [9.17, 15) is 14.4 Å². The zero-order chi connectivity index (χ0) is 16.3. The second kappa shape index (κ2) is 6.79. The van der Waals surface area contributed by atoms with Crippen molar-refractivity contribution in [1.82, 2.24) is 0 Å². The molecule has 0 aromatic heterocycles. The summed E-state index contributed by atoms with van der Waals surface area (Å²) in [5.41, 5.74) is 5.76. The lowest BCUT2D eigenvalue weighted by molar-refractivity contribution is -0.143. The number of aliphatic carboxylic acids is 1. The van der Waals surface area contributed by atoms with Gasteiger partial charge in [-0.05, 0) is 37.5 Å². The molecule has 0 saturated heterocycles. The van der Waals surface area contributed by atoms with Crippen LogP contribution in [0.1, 0.15) is 36.0 Å². The van der Waals surface area contributed by atoms with Crippen molar-refractivity contribution < 1.29 is 19.5 Å². The molecular formula is C15H17ClN2O4. The largest absolute Gasteiger partial charge is 0.481 e. The summed E-state index contributed by atoms with van der Waals surface area (Å²) in [5.74, 6) is -2.60. The molecule has 0 bridgehead atoms. The lowest BCUT2D eigenvalue weighted by atomic mass is 9.81. The lowest BCUT2D eigenvalue weighted by Crippen LogP contribution is -2.31. The second-order valence-corrected chi connectivity index (χ2v) is 5.85.